The molecule has 11 heteroatoms. The molecule has 0 radical (unpaired) electrons. The number of nitrogens with zero attached hydrogens (tertiary/aromatic N) is 4. The molecule has 158 valence electrons. The van der Waals surface area contributed by atoms with Crippen molar-refractivity contribution in [3.63, 3.8) is 0 Å². The number of nitro benzene ring substituents is 3. The Labute approximate surface area is 184 Å². The van der Waals surface area contributed by atoms with E-state index in [1.54, 1.807) is 30.3 Å². The van der Waals surface area contributed by atoms with Crippen LogP contribution in [0.15, 0.2) is 76.5 Å². The van der Waals surface area contributed by atoms with Crippen molar-refractivity contribution in [3.05, 3.63) is 108 Å². The predicted octanol–water partition coefficient (Wildman–Crippen LogP) is 5.63. The molecule has 0 aliphatic heterocycles. The first-order valence-electron chi connectivity index (χ1n) is 8.86. The van der Waals surface area contributed by atoms with Crippen molar-refractivity contribution in [1.82, 2.24) is 0 Å². The minimum Gasteiger partial charge on any atom is -0.258 e. The van der Waals surface area contributed by atoms with Gasteiger partial charge in [0.1, 0.15) is 0 Å². The molecule has 0 saturated carbocycles. The van der Waals surface area contributed by atoms with E-state index in [2.05, 4.69) is 0 Å². The molecular formula is C21H12N4O6S. The summed E-state index contributed by atoms with van der Waals surface area (Å²) in [6, 6.07) is 17.9. The van der Waals surface area contributed by atoms with Gasteiger partial charge in [0, 0.05) is 28.0 Å². The third-order valence-corrected chi connectivity index (χ3v) is 5.35. The molecule has 0 amide bonds. The Morgan fingerprint density at radius 2 is 1.47 bits per heavy atom. The summed E-state index contributed by atoms with van der Waals surface area (Å²) < 4.78 is 0. The van der Waals surface area contributed by atoms with E-state index in [4.69, 9.17) is 0 Å². The molecule has 0 N–H and O–H groups in total. The van der Waals surface area contributed by atoms with E-state index < -0.39 is 26.1 Å². The maximum Gasteiger partial charge on any atom is 0.284 e. The Bertz CT molecular complexity index is 1280. The van der Waals surface area contributed by atoms with Crippen molar-refractivity contribution >= 4 is 40.5 Å². The topological polar surface area (TPSA) is 153 Å². The van der Waals surface area contributed by atoms with Crippen LogP contribution in [0.2, 0.25) is 0 Å². The van der Waals surface area contributed by atoms with Crippen LogP contribution < -0.4 is 0 Å². The fraction of sp³-hybridized carbons (Fsp3) is 0. The summed E-state index contributed by atoms with van der Waals surface area (Å²) in [7, 11) is 0. The molecule has 0 aromatic heterocycles. The van der Waals surface area contributed by atoms with Gasteiger partial charge in [-0.15, -0.1) is 0 Å². The highest BCUT2D eigenvalue weighted by Gasteiger charge is 2.24. The van der Waals surface area contributed by atoms with Crippen LogP contribution in [0.25, 0.3) is 11.6 Å². The first-order valence-corrected chi connectivity index (χ1v) is 9.68. The molecule has 3 aromatic rings. The van der Waals surface area contributed by atoms with Gasteiger partial charge in [0.2, 0.25) is 0 Å². The lowest BCUT2D eigenvalue weighted by molar-refractivity contribution is -0.394. The Balaban J connectivity index is 2.21. The number of allylic oxidation sites excluding steroid dienone is 1. The standard InChI is InChI=1S/C21H12N4O6S/c22-13-15(14-6-8-16(9-7-14)23(26)27)10-19-20(25(30)31)11-17(24(28)29)12-21(19)32-18-4-2-1-3-5-18/h1-12H. The zero-order valence-corrected chi connectivity index (χ0v) is 16.9. The Morgan fingerprint density at radius 3 is 2.00 bits per heavy atom. The van der Waals surface area contributed by atoms with Crippen molar-refractivity contribution in [1.29, 1.82) is 5.26 Å². The van der Waals surface area contributed by atoms with Gasteiger partial charge in [-0.2, -0.15) is 5.26 Å². The molecule has 0 fully saturated rings. The minimum atomic E-state index is -0.751. The van der Waals surface area contributed by atoms with Gasteiger partial charge in [-0.3, -0.25) is 30.3 Å². The van der Waals surface area contributed by atoms with Crippen LogP contribution in [0.3, 0.4) is 0 Å². The third kappa shape index (κ3) is 4.94. The number of rotatable bonds is 7. The molecule has 3 rings (SSSR count). The number of nitriles is 1. The molecule has 0 aliphatic carbocycles. The number of non-ortho nitro benzene ring substituents is 2. The van der Waals surface area contributed by atoms with Gasteiger partial charge in [0.15, 0.2) is 0 Å². The highest BCUT2D eigenvalue weighted by molar-refractivity contribution is 7.99. The van der Waals surface area contributed by atoms with Crippen LogP contribution >= 0.6 is 11.8 Å². The number of hydrogen-bond acceptors (Lipinski definition) is 8. The minimum absolute atomic E-state index is 0.00626. The van der Waals surface area contributed by atoms with Crippen LogP contribution in [-0.4, -0.2) is 14.8 Å². The van der Waals surface area contributed by atoms with E-state index in [9.17, 15) is 35.6 Å². The van der Waals surface area contributed by atoms with Gasteiger partial charge in [0.25, 0.3) is 17.1 Å². The van der Waals surface area contributed by atoms with Crippen LogP contribution in [0.1, 0.15) is 11.1 Å². The first-order chi connectivity index (χ1) is 15.3. The summed E-state index contributed by atoms with van der Waals surface area (Å²) in [4.78, 5) is 32.7. The largest absolute Gasteiger partial charge is 0.284 e. The summed E-state index contributed by atoms with van der Waals surface area (Å²) in [6.07, 6.45) is 1.26. The molecule has 0 aliphatic rings. The Kier molecular flexibility index (Phi) is 6.57. The molecule has 0 unspecified atom stereocenters. The average Bonchev–Trinajstić information content (AvgIpc) is 2.78. The van der Waals surface area contributed by atoms with Gasteiger partial charge in [-0.25, -0.2) is 0 Å². The summed E-state index contributed by atoms with van der Waals surface area (Å²) in [5, 5.41) is 43.5. The van der Waals surface area contributed by atoms with Gasteiger partial charge >= 0.3 is 0 Å². The molecular weight excluding hydrogens is 436 g/mol. The second kappa shape index (κ2) is 9.50. The fourth-order valence-corrected chi connectivity index (χ4v) is 3.79. The van der Waals surface area contributed by atoms with Gasteiger partial charge in [-0.05, 0) is 35.9 Å². The molecule has 0 heterocycles. The quantitative estimate of drug-likeness (QED) is 0.195. The highest BCUT2D eigenvalue weighted by Crippen LogP contribution is 2.40. The van der Waals surface area contributed by atoms with Crippen molar-refractivity contribution in [3.8, 4) is 6.07 Å². The molecule has 3 aromatic carbocycles. The zero-order valence-electron chi connectivity index (χ0n) is 16.1. The lowest BCUT2D eigenvalue weighted by Gasteiger charge is -2.08. The maximum absolute atomic E-state index is 11.7. The number of hydrogen-bond donors (Lipinski definition) is 0. The summed E-state index contributed by atoms with van der Waals surface area (Å²) >= 11 is 1.08. The molecule has 10 nitrogen and oxygen atoms in total. The van der Waals surface area contributed by atoms with E-state index in [1.165, 1.54) is 36.4 Å². The normalized spacial score (nSPS) is 10.9. The molecule has 0 spiro atoms. The lowest BCUT2D eigenvalue weighted by Crippen LogP contribution is -1.98. The van der Waals surface area contributed by atoms with Gasteiger partial charge in [0.05, 0.1) is 38.0 Å². The summed E-state index contributed by atoms with van der Waals surface area (Å²) in [6.45, 7) is 0. The zero-order chi connectivity index (χ0) is 23.3. The Hall–Kier alpha value is -4.56. The van der Waals surface area contributed by atoms with Crippen LogP contribution in [0.4, 0.5) is 17.1 Å². The Morgan fingerprint density at radius 1 is 0.844 bits per heavy atom. The van der Waals surface area contributed by atoms with Crippen molar-refractivity contribution in [2.24, 2.45) is 0 Å². The average molecular weight is 448 g/mol. The van der Waals surface area contributed by atoms with E-state index in [0.717, 1.165) is 17.8 Å². The number of benzene rings is 3. The smallest absolute Gasteiger partial charge is 0.258 e. The van der Waals surface area contributed by atoms with Crippen LogP contribution in [0, 0.1) is 41.7 Å². The van der Waals surface area contributed by atoms with Gasteiger partial charge < -0.3 is 0 Å². The maximum atomic E-state index is 11.7. The van der Waals surface area contributed by atoms with Gasteiger partial charge in [-0.1, -0.05) is 30.0 Å². The third-order valence-electron chi connectivity index (χ3n) is 4.28. The van der Waals surface area contributed by atoms with E-state index >= 15 is 0 Å². The van der Waals surface area contributed by atoms with E-state index in [-0.39, 0.29) is 21.7 Å². The van der Waals surface area contributed by atoms with Crippen LogP contribution in [0.5, 0.6) is 0 Å². The molecule has 0 bridgehead atoms. The van der Waals surface area contributed by atoms with E-state index in [0.29, 0.717) is 10.5 Å². The second-order valence-corrected chi connectivity index (χ2v) is 7.40. The monoisotopic (exact) mass is 448 g/mol. The first kappa shape index (κ1) is 22.1. The number of nitro groups is 3. The van der Waals surface area contributed by atoms with E-state index in [1.807, 2.05) is 6.07 Å². The molecule has 32 heavy (non-hydrogen) atoms. The SMILES string of the molecule is N#CC(=Cc1c(Sc2ccccc2)cc([N+](=O)[O-])cc1[N+](=O)[O-])c1ccc([N+](=O)[O-])cc1. The summed E-state index contributed by atoms with van der Waals surface area (Å²) in [5.74, 6) is 0. The fourth-order valence-electron chi connectivity index (χ4n) is 2.79. The summed E-state index contributed by atoms with van der Waals surface area (Å²) in [5.41, 5.74) is -0.835. The van der Waals surface area contributed by atoms with Crippen molar-refractivity contribution in [2.75, 3.05) is 0 Å². The van der Waals surface area contributed by atoms with Crippen molar-refractivity contribution in [2.45, 2.75) is 9.79 Å². The van der Waals surface area contributed by atoms with Crippen LogP contribution in [-0.2, 0) is 0 Å². The molecule has 0 saturated heterocycles. The molecule has 0 atom stereocenters. The predicted molar refractivity (Wildman–Crippen MR) is 117 cm³/mol. The highest BCUT2D eigenvalue weighted by atomic mass is 32.2. The van der Waals surface area contributed by atoms with Crippen molar-refractivity contribution < 1.29 is 14.8 Å². The lowest BCUT2D eigenvalue weighted by atomic mass is 10.0. The second-order valence-electron chi connectivity index (χ2n) is 6.28.